The van der Waals surface area contributed by atoms with Crippen molar-refractivity contribution >= 4 is 15.9 Å². The van der Waals surface area contributed by atoms with Crippen molar-refractivity contribution in [1.82, 2.24) is 20.0 Å². The van der Waals surface area contributed by atoms with Gasteiger partial charge in [-0.05, 0) is 48.0 Å². The van der Waals surface area contributed by atoms with Crippen molar-refractivity contribution in [2.24, 2.45) is 0 Å². The number of benzene rings is 1. The standard InChI is InChI=1S/C17H17BrF2N4O3/c1-9-15(18)10(2)24(23-9)7-6-14-21-22-16(27-14)11-4-5-12(26-17(19)20)13(8-11)25-3/h4-5,8,17H,6-7H2,1-3H3. The van der Waals surface area contributed by atoms with Crippen molar-refractivity contribution in [2.75, 3.05) is 7.11 Å². The Balaban J connectivity index is 1.74. The first-order valence-corrected chi connectivity index (χ1v) is 8.83. The third-order valence-electron chi connectivity index (χ3n) is 3.92. The minimum atomic E-state index is -2.94. The van der Waals surface area contributed by atoms with Crippen LogP contribution in [0, 0.1) is 13.8 Å². The summed E-state index contributed by atoms with van der Waals surface area (Å²) in [5.74, 6) is 0.799. The molecule has 0 saturated heterocycles. The summed E-state index contributed by atoms with van der Waals surface area (Å²) >= 11 is 3.49. The van der Waals surface area contributed by atoms with Crippen molar-refractivity contribution in [3.63, 3.8) is 0 Å². The number of nitrogens with zero attached hydrogens (tertiary/aromatic N) is 4. The highest BCUT2D eigenvalue weighted by molar-refractivity contribution is 9.10. The minimum absolute atomic E-state index is 0.0638. The molecule has 10 heteroatoms. The molecule has 1 aromatic carbocycles. The van der Waals surface area contributed by atoms with E-state index in [0.29, 0.717) is 24.4 Å². The van der Waals surface area contributed by atoms with E-state index in [9.17, 15) is 8.78 Å². The molecule has 2 heterocycles. The number of aromatic nitrogens is 4. The van der Waals surface area contributed by atoms with E-state index in [1.54, 1.807) is 6.07 Å². The Morgan fingerprint density at radius 1 is 1.22 bits per heavy atom. The van der Waals surface area contributed by atoms with Gasteiger partial charge in [-0.2, -0.15) is 13.9 Å². The van der Waals surface area contributed by atoms with Crippen LogP contribution in [0.3, 0.4) is 0 Å². The Bertz CT molecular complexity index is 942. The van der Waals surface area contributed by atoms with Crippen LogP contribution in [0.15, 0.2) is 27.1 Å². The number of hydrogen-bond donors (Lipinski definition) is 0. The van der Waals surface area contributed by atoms with Gasteiger partial charge in [0.1, 0.15) is 0 Å². The van der Waals surface area contributed by atoms with Crippen molar-refractivity contribution in [3.8, 4) is 23.0 Å². The first-order valence-electron chi connectivity index (χ1n) is 8.04. The minimum Gasteiger partial charge on any atom is -0.493 e. The van der Waals surface area contributed by atoms with E-state index in [2.05, 4.69) is 36.0 Å². The van der Waals surface area contributed by atoms with Gasteiger partial charge in [-0.3, -0.25) is 4.68 Å². The summed E-state index contributed by atoms with van der Waals surface area (Å²) in [5.41, 5.74) is 2.48. The fourth-order valence-corrected chi connectivity index (χ4v) is 2.84. The maximum atomic E-state index is 12.4. The van der Waals surface area contributed by atoms with Gasteiger partial charge in [-0.1, -0.05) is 0 Å². The number of aryl methyl sites for hydroxylation is 3. The molecule has 0 atom stereocenters. The highest BCUT2D eigenvalue weighted by atomic mass is 79.9. The second kappa shape index (κ2) is 8.03. The van der Waals surface area contributed by atoms with Gasteiger partial charge in [0.15, 0.2) is 11.5 Å². The van der Waals surface area contributed by atoms with E-state index in [1.165, 1.54) is 19.2 Å². The van der Waals surface area contributed by atoms with E-state index in [-0.39, 0.29) is 17.4 Å². The van der Waals surface area contributed by atoms with Crippen LogP contribution in [0.5, 0.6) is 11.5 Å². The molecule has 144 valence electrons. The Hall–Kier alpha value is -2.49. The highest BCUT2D eigenvalue weighted by Gasteiger charge is 2.15. The molecular weight excluding hydrogens is 426 g/mol. The molecule has 2 aromatic heterocycles. The SMILES string of the molecule is COc1cc(-c2nnc(CCn3nc(C)c(Br)c3C)o2)ccc1OC(F)F. The molecule has 3 aromatic rings. The molecular formula is C17H17BrF2N4O3. The molecule has 0 aliphatic carbocycles. The molecule has 0 saturated carbocycles. The molecule has 0 fully saturated rings. The summed E-state index contributed by atoms with van der Waals surface area (Å²) < 4.78 is 42.8. The molecule has 0 radical (unpaired) electrons. The quantitative estimate of drug-likeness (QED) is 0.546. The summed E-state index contributed by atoms with van der Waals surface area (Å²) in [6.45, 7) is 1.55. The molecule has 0 bridgehead atoms. The van der Waals surface area contributed by atoms with Crippen LogP contribution < -0.4 is 9.47 Å². The maximum Gasteiger partial charge on any atom is 0.387 e. The summed E-state index contributed by atoms with van der Waals surface area (Å²) in [7, 11) is 1.36. The predicted octanol–water partition coefficient (Wildman–Crippen LogP) is 4.17. The normalized spacial score (nSPS) is 11.2. The van der Waals surface area contributed by atoms with Crippen LogP contribution >= 0.6 is 15.9 Å². The number of methoxy groups -OCH3 is 1. The first-order chi connectivity index (χ1) is 12.9. The zero-order valence-electron chi connectivity index (χ0n) is 14.9. The smallest absolute Gasteiger partial charge is 0.387 e. The lowest BCUT2D eigenvalue weighted by Gasteiger charge is -2.10. The van der Waals surface area contributed by atoms with Crippen LogP contribution in [-0.2, 0) is 13.0 Å². The van der Waals surface area contributed by atoms with Gasteiger partial charge in [0.05, 0.1) is 17.3 Å². The molecule has 0 spiro atoms. The van der Waals surface area contributed by atoms with Gasteiger partial charge in [-0.15, -0.1) is 10.2 Å². The van der Waals surface area contributed by atoms with Crippen LogP contribution in [0.2, 0.25) is 0 Å². The zero-order valence-corrected chi connectivity index (χ0v) is 16.5. The van der Waals surface area contributed by atoms with Gasteiger partial charge in [-0.25, -0.2) is 0 Å². The van der Waals surface area contributed by atoms with Gasteiger partial charge in [0, 0.05) is 24.2 Å². The van der Waals surface area contributed by atoms with Gasteiger partial charge >= 0.3 is 6.61 Å². The second-order valence-corrected chi connectivity index (χ2v) is 6.50. The summed E-state index contributed by atoms with van der Waals surface area (Å²) in [5, 5.41) is 12.5. The monoisotopic (exact) mass is 442 g/mol. The Labute approximate surface area is 162 Å². The summed E-state index contributed by atoms with van der Waals surface area (Å²) in [6.07, 6.45) is 0.505. The van der Waals surface area contributed by atoms with Crippen molar-refractivity contribution < 1.29 is 22.7 Å². The first kappa shape index (κ1) is 19.3. The Kier molecular flexibility index (Phi) is 5.73. The Morgan fingerprint density at radius 3 is 2.63 bits per heavy atom. The lowest BCUT2D eigenvalue weighted by Crippen LogP contribution is -2.05. The second-order valence-electron chi connectivity index (χ2n) is 5.70. The van der Waals surface area contributed by atoms with E-state index >= 15 is 0 Å². The van der Waals surface area contributed by atoms with Crippen molar-refractivity contribution in [1.29, 1.82) is 0 Å². The molecule has 0 N–H and O–H groups in total. The maximum absolute atomic E-state index is 12.4. The van der Waals surface area contributed by atoms with Crippen LogP contribution in [0.1, 0.15) is 17.3 Å². The summed E-state index contributed by atoms with van der Waals surface area (Å²) in [4.78, 5) is 0. The number of ether oxygens (including phenoxy) is 2. The molecule has 7 nitrogen and oxygen atoms in total. The van der Waals surface area contributed by atoms with Crippen molar-refractivity contribution in [2.45, 2.75) is 33.4 Å². The third kappa shape index (κ3) is 4.26. The average molecular weight is 443 g/mol. The predicted molar refractivity (Wildman–Crippen MR) is 96.0 cm³/mol. The van der Waals surface area contributed by atoms with Gasteiger partial charge < -0.3 is 13.9 Å². The molecule has 0 aliphatic rings. The van der Waals surface area contributed by atoms with Crippen molar-refractivity contribution in [3.05, 3.63) is 40.0 Å². The lowest BCUT2D eigenvalue weighted by molar-refractivity contribution is -0.0512. The number of hydrogen-bond acceptors (Lipinski definition) is 6. The highest BCUT2D eigenvalue weighted by Crippen LogP contribution is 2.33. The lowest BCUT2D eigenvalue weighted by atomic mass is 10.2. The average Bonchev–Trinajstić information content (AvgIpc) is 3.20. The number of rotatable bonds is 7. The number of halogens is 3. The van der Waals surface area contributed by atoms with Gasteiger partial charge in [0.25, 0.3) is 0 Å². The van der Waals surface area contributed by atoms with Crippen LogP contribution in [-0.4, -0.2) is 33.7 Å². The van der Waals surface area contributed by atoms with E-state index in [1.807, 2.05) is 18.5 Å². The topological polar surface area (TPSA) is 75.2 Å². The largest absolute Gasteiger partial charge is 0.493 e. The Morgan fingerprint density at radius 2 is 2.00 bits per heavy atom. The summed E-state index contributed by atoms with van der Waals surface area (Å²) in [6, 6.07) is 4.43. The van der Waals surface area contributed by atoms with Crippen LogP contribution in [0.25, 0.3) is 11.5 Å². The van der Waals surface area contributed by atoms with E-state index in [4.69, 9.17) is 9.15 Å². The molecule has 27 heavy (non-hydrogen) atoms. The van der Waals surface area contributed by atoms with E-state index < -0.39 is 6.61 Å². The molecule has 3 rings (SSSR count). The van der Waals surface area contributed by atoms with Crippen LogP contribution in [0.4, 0.5) is 8.78 Å². The zero-order chi connectivity index (χ0) is 19.6. The third-order valence-corrected chi connectivity index (χ3v) is 5.07. The fraction of sp³-hybridized carbons (Fsp3) is 0.353. The molecule has 0 unspecified atom stereocenters. The molecule has 0 amide bonds. The van der Waals surface area contributed by atoms with Gasteiger partial charge in [0.2, 0.25) is 11.8 Å². The fourth-order valence-electron chi connectivity index (χ4n) is 2.56. The number of alkyl halides is 2. The molecule has 0 aliphatic heterocycles. The van der Waals surface area contributed by atoms with E-state index in [0.717, 1.165) is 15.9 Å².